The molecule has 0 aliphatic carbocycles. The van der Waals surface area contributed by atoms with Gasteiger partial charge in [-0.3, -0.25) is 4.79 Å². The minimum absolute atomic E-state index is 0.190. The van der Waals surface area contributed by atoms with Crippen molar-refractivity contribution in [2.24, 2.45) is 0 Å². The highest BCUT2D eigenvalue weighted by Gasteiger charge is 2.08. The van der Waals surface area contributed by atoms with E-state index in [0.29, 0.717) is 15.9 Å². The molecule has 2 rings (SSSR count). The first kappa shape index (κ1) is 15.8. The molecule has 0 spiro atoms. The molecule has 0 radical (unpaired) electrons. The van der Waals surface area contributed by atoms with Crippen LogP contribution in [0.4, 0.5) is 5.69 Å². The molecule has 21 heavy (non-hydrogen) atoms. The van der Waals surface area contributed by atoms with Gasteiger partial charge in [0.05, 0.1) is 29.1 Å². The first-order valence-electron chi connectivity index (χ1n) is 6.60. The van der Waals surface area contributed by atoms with Crippen LogP contribution in [-0.2, 0) is 6.54 Å². The van der Waals surface area contributed by atoms with Crippen LogP contribution in [0.25, 0.3) is 0 Å². The average Bonchev–Trinajstić information content (AvgIpc) is 2.45. The molecular weight excluding hydrogens is 311 g/mol. The van der Waals surface area contributed by atoms with E-state index in [1.807, 2.05) is 11.9 Å². The number of halogens is 2. The molecule has 2 aromatic rings. The van der Waals surface area contributed by atoms with Gasteiger partial charge in [-0.15, -0.1) is 0 Å². The first-order chi connectivity index (χ1) is 10.0. The molecule has 0 aliphatic heterocycles. The number of anilines is 1. The van der Waals surface area contributed by atoms with Crippen LogP contribution in [0.3, 0.4) is 0 Å². The molecule has 0 aromatic carbocycles. The molecule has 0 fully saturated rings. The van der Waals surface area contributed by atoms with Crippen LogP contribution in [0.1, 0.15) is 19.0 Å². The quantitative estimate of drug-likeness (QED) is 0.793. The van der Waals surface area contributed by atoms with Gasteiger partial charge in [0.1, 0.15) is 5.15 Å². The summed E-state index contributed by atoms with van der Waals surface area (Å²) >= 11 is 11.9. The summed E-state index contributed by atoms with van der Waals surface area (Å²) in [6, 6.07) is 4.81. The molecule has 0 N–H and O–H groups in total. The molecule has 0 bridgehead atoms. The normalized spacial score (nSPS) is 10.7. The maximum atomic E-state index is 12.1. The van der Waals surface area contributed by atoms with Crippen molar-refractivity contribution in [3.8, 4) is 0 Å². The van der Waals surface area contributed by atoms with E-state index in [2.05, 4.69) is 17.0 Å². The minimum atomic E-state index is -0.201. The lowest BCUT2D eigenvalue weighted by molar-refractivity contribution is 0.626. The fourth-order valence-corrected chi connectivity index (χ4v) is 2.26. The summed E-state index contributed by atoms with van der Waals surface area (Å²) in [5.74, 6) is 0. The van der Waals surface area contributed by atoms with Gasteiger partial charge in [-0.25, -0.2) is 9.67 Å². The number of nitrogens with zero attached hydrogens (tertiary/aromatic N) is 4. The smallest absolute Gasteiger partial charge is 0.269 e. The van der Waals surface area contributed by atoms with Crippen LogP contribution in [0.15, 0.2) is 29.2 Å². The molecule has 0 saturated carbocycles. The Hall–Kier alpha value is -1.59. The fourth-order valence-electron chi connectivity index (χ4n) is 1.93. The lowest BCUT2D eigenvalue weighted by Crippen LogP contribution is -2.26. The van der Waals surface area contributed by atoms with Gasteiger partial charge in [0.25, 0.3) is 5.56 Å². The number of hydrogen-bond donors (Lipinski definition) is 0. The van der Waals surface area contributed by atoms with Gasteiger partial charge in [0.15, 0.2) is 0 Å². The summed E-state index contributed by atoms with van der Waals surface area (Å²) < 4.78 is 1.31. The summed E-state index contributed by atoms with van der Waals surface area (Å²) in [6.45, 7) is 3.14. The zero-order chi connectivity index (χ0) is 15.4. The third kappa shape index (κ3) is 3.95. The third-order valence-corrected chi connectivity index (χ3v) is 3.59. The lowest BCUT2D eigenvalue weighted by Gasteiger charge is -2.17. The van der Waals surface area contributed by atoms with Crippen molar-refractivity contribution in [3.05, 3.63) is 50.6 Å². The SMILES string of the molecule is CCCN(C)c1cnn(Cc2nc(Cl)ccc2Cl)c(=O)c1. The monoisotopic (exact) mass is 326 g/mol. The molecule has 0 amide bonds. The number of rotatable bonds is 5. The Labute approximate surface area is 133 Å². The van der Waals surface area contributed by atoms with Crippen LogP contribution >= 0.6 is 23.2 Å². The van der Waals surface area contributed by atoms with Crippen molar-refractivity contribution in [1.82, 2.24) is 14.8 Å². The topological polar surface area (TPSA) is 51.0 Å². The van der Waals surface area contributed by atoms with Crippen LogP contribution in [-0.4, -0.2) is 28.4 Å². The van der Waals surface area contributed by atoms with Gasteiger partial charge in [0, 0.05) is 19.7 Å². The molecule has 0 aliphatic rings. The molecule has 0 saturated heterocycles. The van der Waals surface area contributed by atoms with E-state index < -0.39 is 0 Å². The fraction of sp³-hybridized carbons (Fsp3) is 0.357. The standard InChI is InChI=1S/C14H16Cl2N4O/c1-3-6-19(2)10-7-14(21)20(17-8-10)9-12-11(15)4-5-13(16)18-12/h4-5,7-8H,3,6,9H2,1-2H3. The molecule has 0 atom stereocenters. The molecule has 7 heteroatoms. The number of aromatic nitrogens is 3. The van der Waals surface area contributed by atoms with Crippen molar-refractivity contribution < 1.29 is 0 Å². The van der Waals surface area contributed by atoms with Gasteiger partial charge in [-0.2, -0.15) is 5.10 Å². The van der Waals surface area contributed by atoms with Crippen LogP contribution < -0.4 is 10.5 Å². The summed E-state index contributed by atoms with van der Waals surface area (Å²) in [5, 5.41) is 4.96. The highest BCUT2D eigenvalue weighted by Crippen LogP contribution is 2.17. The van der Waals surface area contributed by atoms with E-state index in [0.717, 1.165) is 18.7 Å². The van der Waals surface area contributed by atoms with E-state index in [-0.39, 0.29) is 12.1 Å². The average molecular weight is 327 g/mol. The molecule has 112 valence electrons. The Morgan fingerprint density at radius 2 is 2.10 bits per heavy atom. The van der Waals surface area contributed by atoms with E-state index >= 15 is 0 Å². The van der Waals surface area contributed by atoms with Crippen molar-refractivity contribution in [1.29, 1.82) is 0 Å². The summed E-state index contributed by atoms with van der Waals surface area (Å²) in [4.78, 5) is 18.2. The second kappa shape index (κ2) is 6.91. The highest BCUT2D eigenvalue weighted by molar-refractivity contribution is 6.32. The third-order valence-electron chi connectivity index (χ3n) is 3.04. The Morgan fingerprint density at radius 1 is 1.33 bits per heavy atom. The second-order valence-electron chi connectivity index (χ2n) is 4.69. The molecule has 0 unspecified atom stereocenters. The van der Waals surface area contributed by atoms with Gasteiger partial charge >= 0.3 is 0 Å². The zero-order valence-corrected chi connectivity index (χ0v) is 13.4. The van der Waals surface area contributed by atoms with E-state index in [1.165, 1.54) is 4.68 Å². The first-order valence-corrected chi connectivity index (χ1v) is 7.36. The lowest BCUT2D eigenvalue weighted by atomic mass is 10.3. The van der Waals surface area contributed by atoms with Crippen molar-refractivity contribution in [2.45, 2.75) is 19.9 Å². The second-order valence-corrected chi connectivity index (χ2v) is 5.49. The Morgan fingerprint density at radius 3 is 2.76 bits per heavy atom. The minimum Gasteiger partial charge on any atom is -0.373 e. The molecule has 2 aromatic heterocycles. The molecule has 2 heterocycles. The highest BCUT2D eigenvalue weighted by atomic mass is 35.5. The van der Waals surface area contributed by atoms with Crippen molar-refractivity contribution in [2.75, 3.05) is 18.5 Å². The van der Waals surface area contributed by atoms with E-state index in [1.54, 1.807) is 24.4 Å². The van der Waals surface area contributed by atoms with Gasteiger partial charge in [-0.05, 0) is 18.6 Å². The maximum absolute atomic E-state index is 12.1. The Balaban J connectivity index is 2.25. The molecular formula is C14H16Cl2N4O. The zero-order valence-electron chi connectivity index (χ0n) is 11.9. The van der Waals surface area contributed by atoms with E-state index in [4.69, 9.17) is 23.2 Å². The predicted molar refractivity (Wildman–Crippen MR) is 85.4 cm³/mol. The Kier molecular flexibility index (Phi) is 5.20. The Bertz CT molecular complexity index is 687. The van der Waals surface area contributed by atoms with Gasteiger partial charge in [0.2, 0.25) is 0 Å². The van der Waals surface area contributed by atoms with E-state index in [9.17, 15) is 4.79 Å². The number of hydrogen-bond acceptors (Lipinski definition) is 4. The largest absolute Gasteiger partial charge is 0.373 e. The van der Waals surface area contributed by atoms with Gasteiger partial charge < -0.3 is 4.90 Å². The maximum Gasteiger partial charge on any atom is 0.269 e. The van der Waals surface area contributed by atoms with Crippen LogP contribution in [0.2, 0.25) is 10.2 Å². The predicted octanol–water partition coefficient (Wildman–Crippen LogP) is 2.84. The summed E-state index contributed by atoms with van der Waals surface area (Å²) in [6.07, 6.45) is 2.66. The van der Waals surface area contributed by atoms with Crippen LogP contribution in [0, 0.1) is 0 Å². The van der Waals surface area contributed by atoms with Crippen LogP contribution in [0.5, 0.6) is 0 Å². The summed E-state index contributed by atoms with van der Waals surface area (Å²) in [5.41, 5.74) is 1.12. The van der Waals surface area contributed by atoms with Crippen molar-refractivity contribution in [3.63, 3.8) is 0 Å². The number of pyridine rings is 1. The van der Waals surface area contributed by atoms with Gasteiger partial charge in [-0.1, -0.05) is 30.1 Å². The van der Waals surface area contributed by atoms with Crippen molar-refractivity contribution >= 4 is 28.9 Å². The summed E-state index contributed by atoms with van der Waals surface area (Å²) in [7, 11) is 1.93. The molecule has 5 nitrogen and oxygen atoms in total.